The third-order valence-electron chi connectivity index (χ3n) is 13.3. The molecule has 0 radical (unpaired) electrons. The number of sulfone groups is 1. The summed E-state index contributed by atoms with van der Waals surface area (Å²) in [7, 11) is -3.86. The number of nitrogens with zero attached hydrogens (tertiary/aromatic N) is 8. The summed E-state index contributed by atoms with van der Waals surface area (Å²) in [4.78, 5) is 69.4. The fourth-order valence-corrected chi connectivity index (χ4v) is 9.68. The average Bonchev–Trinajstić information content (AvgIpc) is 3.89. The molecule has 2 saturated heterocycles. The number of nitrogens with one attached hydrogen (secondary N) is 3. The largest absolute Gasteiger partial charge is 0.491 e. The summed E-state index contributed by atoms with van der Waals surface area (Å²) >= 11 is 0. The van der Waals surface area contributed by atoms with Crippen molar-refractivity contribution in [1.29, 1.82) is 0 Å². The van der Waals surface area contributed by atoms with Crippen LogP contribution in [0.25, 0.3) is 10.9 Å². The maximum Gasteiger partial charge on any atom is 0.247 e. The first-order valence-electron chi connectivity index (χ1n) is 23.9. The van der Waals surface area contributed by atoms with Crippen LogP contribution in [-0.2, 0) is 24.2 Å². The minimum atomic E-state index is -3.86. The lowest BCUT2D eigenvalue weighted by molar-refractivity contribution is -0.143. The number of halogens is 2. The zero-order valence-electron chi connectivity index (χ0n) is 42.1. The van der Waals surface area contributed by atoms with Gasteiger partial charge in [-0.3, -0.25) is 24.3 Å². The number of anilines is 3. The Kier molecular flexibility index (Phi) is 15.6. The predicted octanol–water partition coefficient (Wildman–Crippen LogP) is 6.20. The molecule has 3 aliphatic heterocycles. The number of hydrogen-bond donors (Lipinski definition) is 3. The number of ether oxygens (including phenoxy) is 2. The first-order valence-corrected chi connectivity index (χ1v) is 25.4. The Bertz CT molecular complexity index is 2800. The summed E-state index contributed by atoms with van der Waals surface area (Å²) < 4.78 is 68.8. The first kappa shape index (κ1) is 52.5. The van der Waals surface area contributed by atoms with Gasteiger partial charge < -0.3 is 35.2 Å². The van der Waals surface area contributed by atoms with E-state index in [4.69, 9.17) is 9.47 Å². The van der Waals surface area contributed by atoms with Gasteiger partial charge in [-0.2, -0.15) is 0 Å². The molecule has 2 aromatic carbocycles. The van der Waals surface area contributed by atoms with Crippen molar-refractivity contribution in [1.82, 2.24) is 35.1 Å². The third-order valence-corrected chi connectivity index (χ3v) is 15.8. The summed E-state index contributed by atoms with van der Waals surface area (Å²) in [6.07, 6.45) is 4.24. The molecule has 3 amide bonds. The van der Waals surface area contributed by atoms with Crippen LogP contribution in [-0.4, -0.2) is 137 Å². The number of amides is 3. The lowest BCUT2D eigenvalue weighted by Gasteiger charge is -2.35. The van der Waals surface area contributed by atoms with Crippen molar-refractivity contribution in [2.45, 2.75) is 110 Å². The van der Waals surface area contributed by atoms with Crippen molar-refractivity contribution in [2.75, 3.05) is 68.0 Å². The Labute approximate surface area is 414 Å². The molecule has 18 nitrogen and oxygen atoms in total. The summed E-state index contributed by atoms with van der Waals surface area (Å²) in [6.45, 7) is 21.7. The van der Waals surface area contributed by atoms with E-state index in [0.717, 1.165) is 23.3 Å². The zero-order chi connectivity index (χ0) is 51.6. The minimum Gasteiger partial charge on any atom is -0.491 e. The highest BCUT2D eigenvalue weighted by molar-refractivity contribution is 7.92. The van der Waals surface area contributed by atoms with Gasteiger partial charge in [0.2, 0.25) is 23.7 Å². The summed E-state index contributed by atoms with van der Waals surface area (Å²) in [5.41, 5.74) is 1.28. The van der Waals surface area contributed by atoms with E-state index in [1.807, 2.05) is 25.7 Å². The van der Waals surface area contributed by atoms with Gasteiger partial charge in [0.15, 0.2) is 15.6 Å². The Balaban J connectivity index is 0.986. The molecule has 0 unspecified atom stereocenters. The zero-order valence-corrected chi connectivity index (χ0v) is 42.9. The van der Waals surface area contributed by atoms with Gasteiger partial charge in [-0.15, -0.1) is 0 Å². The van der Waals surface area contributed by atoms with Crippen LogP contribution in [0.15, 0.2) is 70.1 Å². The van der Waals surface area contributed by atoms with E-state index in [0.29, 0.717) is 74.2 Å². The van der Waals surface area contributed by atoms with Crippen molar-refractivity contribution in [3.8, 4) is 11.5 Å². The lowest BCUT2D eigenvalue weighted by atomic mass is 9.85. The van der Waals surface area contributed by atoms with E-state index < -0.39 is 67.3 Å². The van der Waals surface area contributed by atoms with Gasteiger partial charge in [0, 0.05) is 56.5 Å². The van der Waals surface area contributed by atoms with Crippen molar-refractivity contribution in [3.05, 3.63) is 71.8 Å². The number of para-hydroxylation sites is 1. The van der Waals surface area contributed by atoms with Gasteiger partial charge in [0.25, 0.3) is 0 Å². The molecule has 0 bridgehead atoms. The number of aromatic nitrogens is 4. The molecule has 71 heavy (non-hydrogen) atoms. The summed E-state index contributed by atoms with van der Waals surface area (Å²) in [6, 6.07) is 4.24. The molecule has 4 atom stereocenters. The van der Waals surface area contributed by atoms with E-state index >= 15 is 0 Å². The maximum absolute atomic E-state index is 14.7. The van der Waals surface area contributed by atoms with E-state index in [1.165, 1.54) is 29.7 Å². The van der Waals surface area contributed by atoms with Crippen LogP contribution in [0.5, 0.6) is 11.5 Å². The predicted molar refractivity (Wildman–Crippen MR) is 267 cm³/mol. The van der Waals surface area contributed by atoms with Crippen LogP contribution in [0.4, 0.5) is 26.2 Å². The number of likely N-dealkylation sites (tertiary alicyclic amines) is 1. The number of carbonyl (C=O) groups is 3. The summed E-state index contributed by atoms with van der Waals surface area (Å²) in [5, 5.41) is 9.02. The molecule has 2 aromatic heterocycles. The number of aliphatic imine (C=N–C) groups is 1. The fraction of sp³-hybridized carbons (Fsp3) is 0.520. The standard InChI is InChI=1S/C50H65F2N11O7S/c1-11-29(2)45(64)59-42(49(5,6)7)47(66)63-27-32(21-38(63)46(65)58-41-35(51)13-12-14-36(41)52)70-33-25-54-48(55-26-33)62-17-15-61(16-18-62)19-20-69-39-23-37-34(22-40(39)71(67,68)50(8,9)10)44(57-28-56-37)60-43-31(4)30(3)24-53-43/h12-14,22-23,25-26,28-29,32,38,42H,11,15-21,24,27H2,1-10H3,(H,58,65)(H,59,64)(H,53,56,57,60)/t29-,32+,38+,42-/m1/s1. The number of carbonyl (C=O) groups excluding carboxylic acids is 3. The van der Waals surface area contributed by atoms with Gasteiger partial charge >= 0.3 is 0 Å². The molecule has 382 valence electrons. The second-order valence-corrected chi connectivity index (χ2v) is 23.1. The monoisotopic (exact) mass is 1000 g/mol. The normalized spacial score (nSPS) is 18.8. The van der Waals surface area contributed by atoms with Gasteiger partial charge in [-0.25, -0.2) is 37.1 Å². The van der Waals surface area contributed by atoms with E-state index in [1.54, 1.807) is 60.6 Å². The number of hydrogen-bond acceptors (Lipinski definition) is 15. The Morgan fingerprint density at radius 1 is 0.944 bits per heavy atom. The van der Waals surface area contributed by atoms with Gasteiger partial charge in [0.1, 0.15) is 70.7 Å². The van der Waals surface area contributed by atoms with Crippen LogP contribution < -0.4 is 30.3 Å². The number of fused-ring (bicyclic) bond motifs is 1. The smallest absolute Gasteiger partial charge is 0.247 e. The van der Waals surface area contributed by atoms with Crippen molar-refractivity contribution >= 4 is 61.8 Å². The number of piperazine rings is 1. The molecule has 3 aliphatic rings. The van der Waals surface area contributed by atoms with Crippen LogP contribution in [0.2, 0.25) is 0 Å². The van der Waals surface area contributed by atoms with Crippen LogP contribution >= 0.6 is 0 Å². The topological polar surface area (TPSA) is 214 Å². The van der Waals surface area contributed by atoms with Crippen molar-refractivity contribution < 1.29 is 41.1 Å². The molecule has 4 aromatic rings. The second kappa shape index (κ2) is 21.2. The minimum absolute atomic E-state index is 0.0212. The molecule has 3 N–H and O–H groups in total. The average molecular weight is 1000 g/mol. The first-order chi connectivity index (χ1) is 33.5. The highest BCUT2D eigenvalue weighted by Crippen LogP contribution is 2.37. The highest BCUT2D eigenvalue weighted by atomic mass is 32.2. The van der Waals surface area contributed by atoms with E-state index in [9.17, 15) is 31.6 Å². The van der Waals surface area contributed by atoms with Gasteiger partial charge in [-0.1, -0.05) is 40.7 Å². The van der Waals surface area contributed by atoms with E-state index in [-0.39, 0.29) is 47.8 Å². The Hall–Kier alpha value is -6.35. The number of amidine groups is 1. The SMILES string of the molecule is CC[C@@H](C)C(=O)N[C@H](C(=O)N1C[C@@H](Oc2cnc(N3CCN(CCOc4cc5ncnc(NC6=NCC(C)=C6C)c5cc4S(=O)(=O)C(C)(C)C)CC3)nc2)C[C@H]1C(=O)Nc1c(F)cccc1F)C(C)(C)C. The Morgan fingerprint density at radius 2 is 1.62 bits per heavy atom. The van der Waals surface area contributed by atoms with Gasteiger partial charge in [-0.05, 0) is 75.8 Å². The van der Waals surface area contributed by atoms with Crippen molar-refractivity contribution in [2.24, 2.45) is 16.3 Å². The quantitative estimate of drug-likeness (QED) is 0.121. The molecule has 5 heterocycles. The molecule has 21 heteroatoms. The highest BCUT2D eigenvalue weighted by Gasteiger charge is 2.46. The molecule has 7 rings (SSSR count). The second-order valence-electron chi connectivity index (χ2n) is 20.4. The van der Waals surface area contributed by atoms with Crippen LogP contribution in [0.1, 0.15) is 82.1 Å². The van der Waals surface area contributed by atoms with E-state index in [2.05, 4.69) is 45.8 Å². The molecule has 2 fully saturated rings. The molecule has 0 aliphatic carbocycles. The number of rotatable bonds is 15. The van der Waals surface area contributed by atoms with Crippen molar-refractivity contribution in [3.63, 3.8) is 0 Å². The fourth-order valence-electron chi connectivity index (χ4n) is 8.36. The van der Waals surface area contributed by atoms with Crippen LogP contribution in [0.3, 0.4) is 0 Å². The molecular weight excluding hydrogens is 937 g/mol. The van der Waals surface area contributed by atoms with Crippen LogP contribution in [0, 0.1) is 23.0 Å². The maximum atomic E-state index is 14.7. The number of benzene rings is 2. The molecule has 0 spiro atoms. The summed E-state index contributed by atoms with van der Waals surface area (Å²) in [5.74, 6) is -1.86. The third kappa shape index (κ3) is 11.7. The molecule has 0 saturated carbocycles. The molecular formula is C50H65F2N11O7S. The lowest BCUT2D eigenvalue weighted by Crippen LogP contribution is -2.58. The Morgan fingerprint density at radius 3 is 2.23 bits per heavy atom. The van der Waals surface area contributed by atoms with Gasteiger partial charge in [0.05, 0.1) is 35.7 Å².